The van der Waals surface area contributed by atoms with Crippen LogP contribution in [0.5, 0.6) is 5.75 Å². The van der Waals surface area contributed by atoms with Crippen molar-refractivity contribution >= 4 is 93.6 Å². The number of benzene rings is 2. The number of carboxylic acid groups (broad SMARTS) is 1. The molecule has 0 spiro atoms. The molecule has 3 aliphatic rings. The van der Waals surface area contributed by atoms with E-state index < -0.39 is 29.2 Å². The third-order valence-corrected chi connectivity index (χ3v) is 11.7. The summed E-state index contributed by atoms with van der Waals surface area (Å²) in [4.78, 5) is 67.4. The number of aliphatic carboxylic acids is 1. The molecule has 0 radical (unpaired) electrons. The van der Waals surface area contributed by atoms with E-state index in [9.17, 15) is 34.2 Å². The fourth-order valence-corrected chi connectivity index (χ4v) is 8.57. The normalized spacial score (nSPS) is 19.2. The number of carboxylic acids is 1. The van der Waals surface area contributed by atoms with E-state index >= 15 is 0 Å². The number of allylic oxidation sites excluding steroid dienone is 1. The molecule has 0 aliphatic carbocycles. The molecule has 12 nitrogen and oxygen atoms in total. The van der Waals surface area contributed by atoms with Gasteiger partial charge in [-0.3, -0.25) is 24.1 Å². The number of amides is 4. The highest BCUT2D eigenvalue weighted by molar-refractivity contribution is 8.00. The average Bonchev–Trinajstić information content (AvgIpc) is 3.43. The molecule has 264 valence electrons. The molecule has 0 saturated carbocycles. The van der Waals surface area contributed by atoms with Crippen molar-refractivity contribution in [2.24, 2.45) is 0 Å². The van der Waals surface area contributed by atoms with Gasteiger partial charge in [0.05, 0.1) is 20.8 Å². The van der Waals surface area contributed by atoms with Crippen molar-refractivity contribution in [1.82, 2.24) is 15.1 Å². The molecular weight excluding hydrogens is 761 g/mol. The van der Waals surface area contributed by atoms with Gasteiger partial charge in [-0.05, 0) is 60.0 Å². The number of β-lactam (4-membered cyclic amide) rings is 1. The van der Waals surface area contributed by atoms with Gasteiger partial charge in [-0.1, -0.05) is 34.8 Å². The third kappa shape index (κ3) is 8.31. The molecule has 4 heterocycles. The van der Waals surface area contributed by atoms with Crippen LogP contribution in [0.3, 0.4) is 0 Å². The second-order valence-electron chi connectivity index (χ2n) is 11.7. The standard InChI is InChI=1S/C34H28Cl3N5O7S2/c35-23-12-25(37)26(13-24(23)36)50-17-28(45)39-29-32(47)42-30(34(48)49)20(16-51-33(29)42)11-19-7-10-41(31(19)46)14-18-5-8-40(9-6-18)15-27(44)38-21-1-3-22(43)4-2-21/h1-6,8-9,11-13,29,33H,7,10,14-17H2,(H3-,38,39,43,44,45,48,49)/p+1. The van der Waals surface area contributed by atoms with E-state index in [1.54, 1.807) is 46.1 Å². The highest BCUT2D eigenvalue weighted by atomic mass is 35.5. The molecule has 3 aromatic rings. The highest BCUT2D eigenvalue weighted by Crippen LogP contribution is 2.42. The minimum absolute atomic E-state index is 0.0569. The zero-order valence-corrected chi connectivity index (χ0v) is 30.4. The number of thioether (sulfide) groups is 2. The number of carbonyl (C=O) groups excluding carboxylic acids is 4. The molecule has 17 heteroatoms. The van der Waals surface area contributed by atoms with Crippen LogP contribution < -0.4 is 15.2 Å². The molecule has 4 N–H and O–H groups in total. The first kappa shape index (κ1) is 36.6. The van der Waals surface area contributed by atoms with Gasteiger partial charge in [-0.25, -0.2) is 4.79 Å². The lowest BCUT2D eigenvalue weighted by atomic mass is 10.0. The maximum atomic E-state index is 13.3. The number of halogens is 3. The fraction of sp³-hybridized carbons (Fsp3) is 0.235. The predicted octanol–water partition coefficient (Wildman–Crippen LogP) is 4.47. The number of hydrogen-bond donors (Lipinski definition) is 4. The van der Waals surface area contributed by atoms with Gasteiger partial charge < -0.3 is 25.7 Å². The van der Waals surface area contributed by atoms with Gasteiger partial charge in [0.1, 0.15) is 22.9 Å². The molecule has 6 rings (SSSR count). The van der Waals surface area contributed by atoms with E-state index in [2.05, 4.69) is 10.6 Å². The smallest absolute Gasteiger partial charge is 0.352 e. The first-order valence-corrected chi connectivity index (χ1v) is 18.6. The van der Waals surface area contributed by atoms with Gasteiger partial charge in [-0.15, -0.1) is 23.5 Å². The number of carbonyl (C=O) groups is 5. The Balaban J connectivity index is 1.04. The maximum absolute atomic E-state index is 13.3. The number of fused-ring (bicyclic) bond motifs is 1. The Bertz CT molecular complexity index is 1990. The number of phenols is 1. The Morgan fingerprint density at radius 2 is 1.71 bits per heavy atom. The van der Waals surface area contributed by atoms with Gasteiger partial charge in [0.15, 0.2) is 12.4 Å². The third-order valence-electron chi connectivity index (χ3n) is 8.22. The number of anilines is 1. The van der Waals surface area contributed by atoms with Crippen molar-refractivity contribution in [3.63, 3.8) is 0 Å². The quantitative estimate of drug-likeness (QED) is 0.0549. The summed E-state index contributed by atoms with van der Waals surface area (Å²) in [5, 5.41) is 25.2. The summed E-state index contributed by atoms with van der Waals surface area (Å²) in [6, 6.07) is 11.9. The number of aromatic nitrogens is 1. The Kier molecular flexibility index (Phi) is 11.2. The van der Waals surface area contributed by atoms with Gasteiger partial charge in [0, 0.05) is 47.1 Å². The SMILES string of the molecule is O=C(C[n+]1ccc(CN2CCC(=CC3=C(C(=O)O)N4C(=O)C(NC(=O)CSc5cc(Cl)c(Cl)cc5Cl)C4SC3)C2=O)cc1)Nc1ccc(O)cc1. The van der Waals surface area contributed by atoms with Gasteiger partial charge in [0.25, 0.3) is 11.8 Å². The molecule has 2 atom stereocenters. The van der Waals surface area contributed by atoms with Gasteiger partial charge in [0.2, 0.25) is 18.4 Å². The lowest BCUT2D eigenvalue weighted by molar-refractivity contribution is -0.684. The molecule has 2 unspecified atom stereocenters. The lowest BCUT2D eigenvalue weighted by Crippen LogP contribution is -2.70. The minimum atomic E-state index is -1.30. The molecule has 2 saturated heterocycles. The summed E-state index contributed by atoms with van der Waals surface area (Å²) < 4.78 is 1.70. The monoisotopic (exact) mass is 788 g/mol. The van der Waals surface area contributed by atoms with Crippen LogP contribution in [0.4, 0.5) is 5.69 Å². The molecule has 51 heavy (non-hydrogen) atoms. The van der Waals surface area contributed by atoms with E-state index in [0.29, 0.717) is 46.3 Å². The molecule has 1 aromatic heterocycles. The number of nitrogens with zero attached hydrogens (tertiary/aromatic N) is 3. The number of nitrogens with one attached hydrogen (secondary N) is 2. The molecule has 2 fully saturated rings. The second kappa shape index (κ2) is 15.6. The van der Waals surface area contributed by atoms with Crippen LogP contribution in [0.15, 0.2) is 88.7 Å². The largest absolute Gasteiger partial charge is 0.508 e. The van der Waals surface area contributed by atoms with E-state index in [-0.39, 0.29) is 51.4 Å². The molecular formula is C34H29Cl3N5O7S2+. The van der Waals surface area contributed by atoms with E-state index in [4.69, 9.17) is 34.8 Å². The lowest BCUT2D eigenvalue weighted by Gasteiger charge is -2.49. The number of pyridine rings is 1. The molecule has 4 amide bonds. The summed E-state index contributed by atoms with van der Waals surface area (Å²) in [5.41, 5.74) is 2.00. The molecule has 2 aromatic carbocycles. The number of hydrogen-bond acceptors (Lipinski definition) is 8. The predicted molar refractivity (Wildman–Crippen MR) is 193 cm³/mol. The van der Waals surface area contributed by atoms with Crippen LogP contribution in [0.25, 0.3) is 0 Å². The summed E-state index contributed by atoms with van der Waals surface area (Å²) in [6.07, 6.45) is 5.46. The number of rotatable bonds is 11. The first-order chi connectivity index (χ1) is 24.4. The Morgan fingerprint density at radius 1 is 1.00 bits per heavy atom. The van der Waals surface area contributed by atoms with Crippen molar-refractivity contribution in [2.45, 2.75) is 35.8 Å². The van der Waals surface area contributed by atoms with Crippen LogP contribution in [0.1, 0.15) is 12.0 Å². The average molecular weight is 790 g/mol. The number of phenolic OH excluding ortho intramolecular Hbond substituents is 1. The molecule has 0 bridgehead atoms. The zero-order valence-electron chi connectivity index (χ0n) is 26.5. The molecule has 3 aliphatic heterocycles. The van der Waals surface area contributed by atoms with E-state index in [1.807, 2.05) is 12.1 Å². The minimum Gasteiger partial charge on any atom is -0.508 e. The summed E-state index contributed by atoms with van der Waals surface area (Å²) in [5.74, 6) is -2.49. The van der Waals surface area contributed by atoms with Crippen molar-refractivity contribution < 1.29 is 38.8 Å². The van der Waals surface area contributed by atoms with Gasteiger partial charge >= 0.3 is 5.97 Å². The van der Waals surface area contributed by atoms with E-state index in [1.165, 1.54) is 30.0 Å². The van der Waals surface area contributed by atoms with Crippen molar-refractivity contribution in [3.8, 4) is 5.75 Å². The van der Waals surface area contributed by atoms with E-state index in [0.717, 1.165) is 22.2 Å². The second-order valence-corrected chi connectivity index (χ2v) is 15.1. The Morgan fingerprint density at radius 3 is 2.41 bits per heavy atom. The van der Waals surface area contributed by atoms with Crippen molar-refractivity contribution in [1.29, 1.82) is 0 Å². The van der Waals surface area contributed by atoms with Gasteiger partial charge in [-0.2, -0.15) is 4.57 Å². The number of likely N-dealkylation sites (tertiary alicyclic amines) is 1. The van der Waals surface area contributed by atoms with Crippen molar-refractivity contribution in [3.05, 3.63) is 104 Å². The Labute approximate surface area is 315 Å². The fourth-order valence-electron chi connectivity index (χ4n) is 5.72. The van der Waals surface area contributed by atoms with Crippen molar-refractivity contribution in [2.75, 3.05) is 23.4 Å². The van der Waals surface area contributed by atoms with Crippen LogP contribution in [0, 0.1) is 0 Å². The van der Waals surface area contributed by atoms with Crippen LogP contribution in [-0.2, 0) is 37.1 Å². The summed E-state index contributed by atoms with van der Waals surface area (Å²) >= 11 is 20.6. The summed E-state index contributed by atoms with van der Waals surface area (Å²) in [7, 11) is 0. The topological polar surface area (TPSA) is 160 Å². The summed E-state index contributed by atoms with van der Waals surface area (Å²) in [6.45, 7) is 0.819. The van der Waals surface area contributed by atoms with Crippen LogP contribution >= 0.6 is 58.3 Å². The van der Waals surface area contributed by atoms with Crippen LogP contribution in [0.2, 0.25) is 15.1 Å². The highest BCUT2D eigenvalue weighted by Gasteiger charge is 2.54. The van der Waals surface area contributed by atoms with Crippen LogP contribution in [-0.4, -0.2) is 79.1 Å². The maximum Gasteiger partial charge on any atom is 0.352 e. The zero-order chi connectivity index (χ0) is 36.4. The number of aromatic hydroxyl groups is 1. The first-order valence-electron chi connectivity index (χ1n) is 15.4. The Hall–Kier alpha value is -4.21.